The van der Waals surface area contributed by atoms with E-state index in [4.69, 9.17) is 5.73 Å². The molecule has 1 aromatic carbocycles. The van der Waals surface area contributed by atoms with Crippen LogP contribution in [-0.2, 0) is 0 Å². The average Bonchev–Trinajstić information content (AvgIpc) is 2.73. The minimum atomic E-state index is -0.422. The molecular formula is C11H9N3O2S. The first-order valence-electron chi connectivity index (χ1n) is 4.79. The Morgan fingerprint density at radius 3 is 2.53 bits per heavy atom. The predicted molar refractivity (Wildman–Crippen MR) is 68.6 cm³/mol. The molecule has 1 heterocycles. The van der Waals surface area contributed by atoms with Crippen molar-refractivity contribution in [3.8, 4) is 0 Å². The van der Waals surface area contributed by atoms with Gasteiger partial charge in [0.15, 0.2) is 5.13 Å². The van der Waals surface area contributed by atoms with Gasteiger partial charge in [-0.15, -0.1) is 11.3 Å². The summed E-state index contributed by atoms with van der Waals surface area (Å²) in [5.41, 5.74) is 7.24. The van der Waals surface area contributed by atoms with Crippen molar-refractivity contribution >= 4 is 34.3 Å². The number of nitrogens with zero attached hydrogens (tertiary/aromatic N) is 2. The van der Waals surface area contributed by atoms with E-state index in [1.165, 1.54) is 23.5 Å². The lowest BCUT2D eigenvalue weighted by Gasteiger charge is -1.92. The van der Waals surface area contributed by atoms with Crippen LogP contribution in [0.15, 0.2) is 29.6 Å². The molecule has 0 spiro atoms. The Morgan fingerprint density at radius 2 is 2.00 bits per heavy atom. The lowest BCUT2D eigenvalue weighted by atomic mass is 10.2. The fourth-order valence-electron chi connectivity index (χ4n) is 1.27. The molecule has 0 aliphatic rings. The van der Waals surface area contributed by atoms with Crippen molar-refractivity contribution in [3.05, 3.63) is 51.0 Å². The molecule has 6 heteroatoms. The number of non-ortho nitro benzene ring substituents is 1. The van der Waals surface area contributed by atoms with E-state index < -0.39 is 4.92 Å². The molecule has 0 saturated carbocycles. The van der Waals surface area contributed by atoms with Crippen LogP contribution in [0.5, 0.6) is 0 Å². The Kier molecular flexibility index (Phi) is 3.15. The zero-order valence-electron chi connectivity index (χ0n) is 8.74. The molecule has 0 amide bonds. The van der Waals surface area contributed by atoms with Crippen LogP contribution in [0.1, 0.15) is 11.3 Å². The molecule has 2 rings (SSSR count). The van der Waals surface area contributed by atoms with Gasteiger partial charge in [-0.05, 0) is 23.8 Å². The zero-order chi connectivity index (χ0) is 12.3. The van der Waals surface area contributed by atoms with Gasteiger partial charge in [0.25, 0.3) is 5.69 Å². The number of hydrogen-bond donors (Lipinski definition) is 1. The van der Waals surface area contributed by atoms with Crippen LogP contribution >= 0.6 is 11.3 Å². The molecule has 17 heavy (non-hydrogen) atoms. The third-order valence-electron chi connectivity index (χ3n) is 2.09. The summed E-state index contributed by atoms with van der Waals surface area (Å²) in [6.45, 7) is 0. The Balaban J connectivity index is 2.13. The van der Waals surface area contributed by atoms with Crippen LogP contribution in [0.25, 0.3) is 12.2 Å². The van der Waals surface area contributed by atoms with Crippen LogP contribution in [-0.4, -0.2) is 9.91 Å². The van der Waals surface area contributed by atoms with E-state index in [1.54, 1.807) is 12.1 Å². The fraction of sp³-hybridized carbons (Fsp3) is 0. The van der Waals surface area contributed by atoms with Gasteiger partial charge in [0.1, 0.15) is 0 Å². The number of aromatic nitrogens is 1. The number of thiazole rings is 1. The molecule has 0 fully saturated rings. The van der Waals surface area contributed by atoms with Crippen molar-refractivity contribution in [3.63, 3.8) is 0 Å². The molecule has 0 aliphatic heterocycles. The van der Waals surface area contributed by atoms with Gasteiger partial charge in [-0.2, -0.15) is 0 Å². The van der Waals surface area contributed by atoms with Crippen molar-refractivity contribution in [2.75, 3.05) is 5.73 Å². The largest absolute Gasteiger partial charge is 0.375 e. The highest BCUT2D eigenvalue weighted by Crippen LogP contribution is 2.16. The number of benzene rings is 1. The Hall–Kier alpha value is -2.21. The molecule has 2 aromatic rings. The smallest absolute Gasteiger partial charge is 0.269 e. The molecule has 5 nitrogen and oxygen atoms in total. The maximum absolute atomic E-state index is 10.5. The first-order chi connectivity index (χ1) is 8.15. The summed E-state index contributed by atoms with van der Waals surface area (Å²) in [6, 6.07) is 6.30. The van der Waals surface area contributed by atoms with Gasteiger partial charge in [0.2, 0.25) is 0 Å². The third-order valence-corrected chi connectivity index (χ3v) is 2.78. The van der Waals surface area contributed by atoms with Gasteiger partial charge in [-0.3, -0.25) is 10.1 Å². The van der Waals surface area contributed by atoms with Crippen molar-refractivity contribution < 1.29 is 4.92 Å². The number of hydrogen-bond acceptors (Lipinski definition) is 5. The Bertz CT molecular complexity index is 560. The van der Waals surface area contributed by atoms with Gasteiger partial charge >= 0.3 is 0 Å². The summed E-state index contributed by atoms with van der Waals surface area (Å²) < 4.78 is 0. The van der Waals surface area contributed by atoms with Crippen LogP contribution in [0.3, 0.4) is 0 Å². The van der Waals surface area contributed by atoms with Crippen molar-refractivity contribution in [1.29, 1.82) is 0 Å². The topological polar surface area (TPSA) is 82.0 Å². The Morgan fingerprint density at radius 1 is 1.29 bits per heavy atom. The maximum Gasteiger partial charge on any atom is 0.269 e. The highest BCUT2D eigenvalue weighted by atomic mass is 32.1. The van der Waals surface area contributed by atoms with Crippen LogP contribution in [0, 0.1) is 10.1 Å². The number of nitrogen functional groups attached to an aromatic ring is 1. The van der Waals surface area contributed by atoms with E-state index in [9.17, 15) is 10.1 Å². The quantitative estimate of drug-likeness (QED) is 0.667. The van der Waals surface area contributed by atoms with Gasteiger partial charge in [-0.25, -0.2) is 4.98 Å². The Labute approximate surface area is 101 Å². The second kappa shape index (κ2) is 4.75. The summed E-state index contributed by atoms with van der Waals surface area (Å²) in [7, 11) is 0. The molecule has 1 aromatic heterocycles. The van der Waals surface area contributed by atoms with Crippen LogP contribution in [0.4, 0.5) is 10.8 Å². The van der Waals surface area contributed by atoms with Gasteiger partial charge in [0, 0.05) is 17.5 Å². The lowest BCUT2D eigenvalue weighted by Crippen LogP contribution is -1.86. The molecule has 0 atom stereocenters. The van der Waals surface area contributed by atoms with Crippen LogP contribution in [0.2, 0.25) is 0 Å². The zero-order valence-corrected chi connectivity index (χ0v) is 9.55. The number of rotatable bonds is 3. The summed E-state index contributed by atoms with van der Waals surface area (Å²) in [4.78, 5) is 14.1. The minimum Gasteiger partial charge on any atom is -0.375 e. The van der Waals surface area contributed by atoms with Crippen LogP contribution < -0.4 is 5.73 Å². The van der Waals surface area contributed by atoms with Crippen molar-refractivity contribution in [2.24, 2.45) is 0 Å². The van der Waals surface area contributed by atoms with E-state index in [-0.39, 0.29) is 5.69 Å². The molecular weight excluding hydrogens is 238 g/mol. The fourth-order valence-corrected chi connectivity index (χ4v) is 1.80. The molecule has 0 unspecified atom stereocenters. The van der Waals surface area contributed by atoms with Crippen molar-refractivity contribution in [2.45, 2.75) is 0 Å². The number of anilines is 1. The summed E-state index contributed by atoms with van der Waals surface area (Å²) in [5, 5.41) is 12.8. The first-order valence-corrected chi connectivity index (χ1v) is 5.66. The van der Waals surface area contributed by atoms with E-state index in [0.717, 1.165) is 11.3 Å². The molecule has 0 bridgehead atoms. The second-order valence-corrected chi connectivity index (χ2v) is 4.18. The SMILES string of the molecule is Nc1nc(C=Cc2ccc([N+](=O)[O-])cc2)cs1. The minimum absolute atomic E-state index is 0.0834. The molecule has 86 valence electrons. The van der Waals surface area contributed by atoms with E-state index in [1.807, 2.05) is 17.5 Å². The van der Waals surface area contributed by atoms with E-state index in [0.29, 0.717) is 5.13 Å². The molecule has 0 saturated heterocycles. The predicted octanol–water partition coefficient (Wildman–Crippen LogP) is 2.80. The van der Waals surface area contributed by atoms with Gasteiger partial charge in [-0.1, -0.05) is 6.08 Å². The summed E-state index contributed by atoms with van der Waals surface area (Å²) >= 11 is 1.37. The monoisotopic (exact) mass is 247 g/mol. The third kappa shape index (κ3) is 2.88. The lowest BCUT2D eigenvalue weighted by molar-refractivity contribution is -0.384. The van der Waals surface area contributed by atoms with Gasteiger partial charge < -0.3 is 5.73 Å². The second-order valence-electron chi connectivity index (χ2n) is 3.29. The normalized spacial score (nSPS) is 10.8. The van der Waals surface area contributed by atoms with E-state index >= 15 is 0 Å². The highest BCUT2D eigenvalue weighted by Gasteiger charge is 2.02. The molecule has 0 radical (unpaired) electrons. The molecule has 0 aliphatic carbocycles. The van der Waals surface area contributed by atoms with Gasteiger partial charge in [0.05, 0.1) is 10.6 Å². The van der Waals surface area contributed by atoms with Crippen molar-refractivity contribution in [1.82, 2.24) is 4.98 Å². The van der Waals surface area contributed by atoms with E-state index in [2.05, 4.69) is 4.98 Å². The summed E-state index contributed by atoms with van der Waals surface area (Å²) in [5.74, 6) is 0. The number of nitro groups is 1. The standard InChI is InChI=1S/C11H9N3O2S/c12-11-13-9(7-17-11)4-1-8-2-5-10(6-3-8)14(15)16/h1-7H,(H2,12,13). The highest BCUT2D eigenvalue weighted by molar-refractivity contribution is 7.13. The number of nitrogens with two attached hydrogens (primary N) is 1. The first kappa shape index (κ1) is 11.3. The summed E-state index contributed by atoms with van der Waals surface area (Å²) in [6.07, 6.45) is 3.65. The molecule has 2 N–H and O–H groups in total. The number of nitro benzene ring substituents is 1. The maximum atomic E-state index is 10.5. The average molecular weight is 247 g/mol.